The molecule has 2 nitrogen and oxygen atoms in total. The minimum Gasteiger partial charge on any atom is -0.392 e. The van der Waals surface area contributed by atoms with Crippen molar-refractivity contribution < 1.29 is 9.32 Å². The van der Waals surface area contributed by atoms with Gasteiger partial charge in [-0.2, -0.15) is 0 Å². The highest BCUT2D eigenvalue weighted by molar-refractivity contribution is 7.85. The number of hydrogen-bond acceptors (Lipinski definition) is 2. The van der Waals surface area contributed by atoms with Crippen molar-refractivity contribution in [1.29, 1.82) is 0 Å². The molecule has 1 aromatic carbocycles. The van der Waals surface area contributed by atoms with Crippen LogP contribution in [-0.2, 0) is 10.8 Å². The molecule has 0 aromatic heterocycles. The predicted molar refractivity (Wildman–Crippen MR) is 65.7 cm³/mol. The smallest absolute Gasteiger partial charge is 0.0687 e. The molecular weight excluding hydrogens is 220 g/mol. The Morgan fingerprint density at radius 3 is 2.50 bits per heavy atom. The second-order valence-corrected chi connectivity index (χ2v) is 6.03. The van der Waals surface area contributed by atoms with E-state index in [9.17, 15) is 9.32 Å². The quantitative estimate of drug-likeness (QED) is 0.804. The number of hydrogen-bond donors (Lipinski definition) is 1. The minimum atomic E-state index is -1.06. The standard InChI is InChI=1S/C13H18O2S/c14-12-9-5-2-6-10-13(12)16(15)11-7-3-1-4-8-11/h1,3-4,7-8,12-14H,2,5-6,9-10H2. The van der Waals surface area contributed by atoms with Gasteiger partial charge >= 0.3 is 0 Å². The highest BCUT2D eigenvalue weighted by atomic mass is 32.2. The molecule has 0 spiro atoms. The summed E-state index contributed by atoms with van der Waals surface area (Å²) in [6, 6.07) is 9.48. The van der Waals surface area contributed by atoms with Crippen molar-refractivity contribution in [3.8, 4) is 0 Å². The largest absolute Gasteiger partial charge is 0.392 e. The second kappa shape index (κ2) is 5.60. The van der Waals surface area contributed by atoms with Gasteiger partial charge in [-0.3, -0.25) is 4.21 Å². The van der Waals surface area contributed by atoms with Gasteiger partial charge in [-0.05, 0) is 25.0 Å². The maximum atomic E-state index is 12.3. The molecule has 0 amide bonds. The van der Waals surface area contributed by atoms with Crippen LogP contribution >= 0.6 is 0 Å². The third-order valence-corrected chi connectivity index (χ3v) is 5.00. The van der Waals surface area contributed by atoms with Crippen molar-refractivity contribution in [2.45, 2.75) is 48.4 Å². The average Bonchev–Trinajstić information content (AvgIpc) is 2.54. The van der Waals surface area contributed by atoms with E-state index in [0.717, 1.165) is 37.0 Å². The van der Waals surface area contributed by atoms with Gasteiger partial charge in [-0.15, -0.1) is 0 Å². The third kappa shape index (κ3) is 2.71. The van der Waals surface area contributed by atoms with Crippen LogP contribution in [0.5, 0.6) is 0 Å². The molecule has 88 valence electrons. The van der Waals surface area contributed by atoms with Crippen LogP contribution in [0.2, 0.25) is 0 Å². The number of aliphatic hydroxyl groups excluding tert-OH is 1. The normalized spacial score (nSPS) is 28.3. The molecule has 1 N–H and O–H groups in total. The molecule has 0 saturated heterocycles. The summed E-state index contributed by atoms with van der Waals surface area (Å²) in [7, 11) is -1.06. The highest BCUT2D eigenvalue weighted by Gasteiger charge is 2.27. The van der Waals surface area contributed by atoms with Crippen molar-refractivity contribution in [2.75, 3.05) is 0 Å². The zero-order chi connectivity index (χ0) is 11.4. The lowest BCUT2D eigenvalue weighted by molar-refractivity contribution is 0.161. The van der Waals surface area contributed by atoms with E-state index >= 15 is 0 Å². The summed E-state index contributed by atoms with van der Waals surface area (Å²) in [4.78, 5) is 0.841. The summed E-state index contributed by atoms with van der Waals surface area (Å²) in [5.74, 6) is 0. The van der Waals surface area contributed by atoms with Gasteiger partial charge in [0.2, 0.25) is 0 Å². The molecular formula is C13H18O2S. The fourth-order valence-electron chi connectivity index (χ4n) is 2.23. The number of benzene rings is 1. The van der Waals surface area contributed by atoms with Crippen LogP contribution in [0.3, 0.4) is 0 Å². The Balaban J connectivity index is 2.14. The van der Waals surface area contributed by atoms with Crippen LogP contribution in [-0.4, -0.2) is 20.7 Å². The zero-order valence-electron chi connectivity index (χ0n) is 9.34. The zero-order valence-corrected chi connectivity index (χ0v) is 10.2. The molecule has 0 bridgehead atoms. The van der Waals surface area contributed by atoms with Gasteiger partial charge in [0.05, 0.1) is 22.2 Å². The van der Waals surface area contributed by atoms with Crippen molar-refractivity contribution >= 4 is 10.8 Å². The van der Waals surface area contributed by atoms with E-state index in [1.54, 1.807) is 0 Å². The van der Waals surface area contributed by atoms with E-state index in [2.05, 4.69) is 0 Å². The fraction of sp³-hybridized carbons (Fsp3) is 0.538. The Hall–Kier alpha value is -0.670. The molecule has 1 aliphatic carbocycles. The molecule has 1 aliphatic rings. The van der Waals surface area contributed by atoms with E-state index in [1.807, 2.05) is 30.3 Å². The van der Waals surface area contributed by atoms with Gasteiger partial charge in [-0.1, -0.05) is 37.5 Å². The summed E-state index contributed by atoms with van der Waals surface area (Å²) < 4.78 is 12.3. The Bertz CT molecular complexity index is 350. The Labute approximate surface area is 99.1 Å². The lowest BCUT2D eigenvalue weighted by Gasteiger charge is -2.19. The molecule has 1 aromatic rings. The van der Waals surface area contributed by atoms with Crippen LogP contribution in [0.1, 0.15) is 32.1 Å². The average molecular weight is 238 g/mol. The highest BCUT2D eigenvalue weighted by Crippen LogP contribution is 2.25. The summed E-state index contributed by atoms with van der Waals surface area (Å²) in [5.41, 5.74) is 0. The molecule has 1 saturated carbocycles. The van der Waals surface area contributed by atoms with Gasteiger partial charge in [0, 0.05) is 4.90 Å². The first-order valence-corrected chi connectivity index (χ1v) is 7.14. The van der Waals surface area contributed by atoms with Crippen molar-refractivity contribution in [3.63, 3.8) is 0 Å². The fourth-order valence-corrected chi connectivity index (χ4v) is 3.81. The molecule has 0 aliphatic heterocycles. The molecule has 3 heteroatoms. The lowest BCUT2D eigenvalue weighted by Crippen LogP contribution is -2.29. The first kappa shape index (κ1) is 11.8. The summed E-state index contributed by atoms with van der Waals surface area (Å²) >= 11 is 0. The molecule has 1 fully saturated rings. The van der Waals surface area contributed by atoms with E-state index in [-0.39, 0.29) is 5.25 Å². The molecule has 16 heavy (non-hydrogen) atoms. The topological polar surface area (TPSA) is 37.3 Å². The van der Waals surface area contributed by atoms with Gasteiger partial charge < -0.3 is 5.11 Å². The molecule has 3 unspecified atom stereocenters. The second-order valence-electron chi connectivity index (χ2n) is 4.35. The van der Waals surface area contributed by atoms with Crippen LogP contribution < -0.4 is 0 Å². The molecule has 2 rings (SSSR count). The summed E-state index contributed by atoms with van der Waals surface area (Å²) in [5, 5.41) is 9.91. The first-order chi connectivity index (χ1) is 7.79. The number of rotatable bonds is 2. The van der Waals surface area contributed by atoms with E-state index in [0.29, 0.717) is 0 Å². The summed E-state index contributed by atoms with van der Waals surface area (Å²) in [6.45, 7) is 0. The maximum absolute atomic E-state index is 12.3. The summed E-state index contributed by atoms with van der Waals surface area (Å²) in [6.07, 6.45) is 4.57. The van der Waals surface area contributed by atoms with Crippen LogP contribution in [0, 0.1) is 0 Å². The Morgan fingerprint density at radius 1 is 1.06 bits per heavy atom. The van der Waals surface area contributed by atoms with E-state index in [1.165, 1.54) is 0 Å². The van der Waals surface area contributed by atoms with E-state index < -0.39 is 16.9 Å². The van der Waals surface area contributed by atoms with Crippen molar-refractivity contribution in [2.24, 2.45) is 0 Å². The SMILES string of the molecule is O=S(c1ccccc1)C1CCCCCC1O. The first-order valence-electron chi connectivity index (χ1n) is 5.93. The van der Waals surface area contributed by atoms with Crippen molar-refractivity contribution in [1.82, 2.24) is 0 Å². The molecule has 0 radical (unpaired) electrons. The van der Waals surface area contributed by atoms with E-state index in [4.69, 9.17) is 0 Å². The van der Waals surface area contributed by atoms with Crippen LogP contribution in [0.25, 0.3) is 0 Å². The monoisotopic (exact) mass is 238 g/mol. The maximum Gasteiger partial charge on any atom is 0.0687 e. The van der Waals surface area contributed by atoms with Crippen molar-refractivity contribution in [3.05, 3.63) is 30.3 Å². The van der Waals surface area contributed by atoms with Gasteiger partial charge in [0.1, 0.15) is 0 Å². The predicted octanol–water partition coefficient (Wildman–Crippen LogP) is 2.49. The van der Waals surface area contributed by atoms with Crippen LogP contribution in [0.4, 0.5) is 0 Å². The molecule has 0 heterocycles. The Morgan fingerprint density at radius 2 is 1.75 bits per heavy atom. The Kier molecular flexibility index (Phi) is 4.13. The minimum absolute atomic E-state index is 0.0788. The van der Waals surface area contributed by atoms with Gasteiger partial charge in [0.25, 0.3) is 0 Å². The van der Waals surface area contributed by atoms with Gasteiger partial charge in [-0.25, -0.2) is 0 Å². The lowest BCUT2D eigenvalue weighted by atomic mass is 10.1. The third-order valence-electron chi connectivity index (χ3n) is 3.17. The number of aliphatic hydroxyl groups is 1. The molecule has 3 atom stereocenters. The van der Waals surface area contributed by atoms with Gasteiger partial charge in [0.15, 0.2) is 0 Å². The van der Waals surface area contributed by atoms with Crippen LogP contribution in [0.15, 0.2) is 35.2 Å².